The minimum atomic E-state index is -0.154. The monoisotopic (exact) mass is 181 g/mol. The van der Waals surface area contributed by atoms with Gasteiger partial charge in [0.15, 0.2) is 0 Å². The molecular weight excluding hydrogens is 166 g/mol. The number of hydrogen-bond donors (Lipinski definition) is 3. The molecule has 0 unspecified atom stereocenters. The summed E-state index contributed by atoms with van der Waals surface area (Å²) in [5.74, 6) is 0.350. The third-order valence-corrected chi connectivity index (χ3v) is 1.41. The van der Waals surface area contributed by atoms with Crippen LogP contribution in [0, 0.1) is 0 Å². The summed E-state index contributed by atoms with van der Waals surface area (Å²) in [7, 11) is 0. The predicted octanol–water partition coefficient (Wildman–Crippen LogP) is 0.406. The molecule has 0 aromatic rings. The van der Waals surface area contributed by atoms with E-state index in [-0.39, 0.29) is 11.4 Å². The van der Waals surface area contributed by atoms with E-state index in [9.17, 15) is 4.79 Å². The number of hydrogen-bond acceptors (Lipinski definition) is 3. The molecule has 0 saturated carbocycles. The van der Waals surface area contributed by atoms with Crippen LogP contribution in [0.4, 0.5) is 0 Å². The highest BCUT2D eigenvalue weighted by molar-refractivity contribution is 5.94. The van der Waals surface area contributed by atoms with Crippen molar-refractivity contribution in [2.45, 2.75) is 26.3 Å². The maximum absolute atomic E-state index is 11.3. The second-order valence-corrected chi connectivity index (χ2v) is 4.01. The summed E-state index contributed by atoms with van der Waals surface area (Å²) >= 11 is 0. The van der Waals surface area contributed by atoms with Crippen LogP contribution in [0.5, 0.6) is 0 Å². The summed E-state index contributed by atoms with van der Waals surface area (Å²) in [5.41, 5.74) is 0.406. The molecule has 0 fully saturated rings. The van der Waals surface area contributed by atoms with E-state index in [1.807, 2.05) is 20.8 Å². The van der Waals surface area contributed by atoms with Gasteiger partial charge in [-0.3, -0.25) is 4.79 Å². The fourth-order valence-electron chi connectivity index (χ4n) is 0.962. The molecule has 0 aliphatic carbocycles. The molecule has 0 saturated heterocycles. The number of carbonyl (C=O) groups is 1. The summed E-state index contributed by atoms with van der Waals surface area (Å²) in [6.07, 6.45) is 1.62. The summed E-state index contributed by atoms with van der Waals surface area (Å²) in [4.78, 5) is 11.3. The Bertz CT molecular complexity index is 273. The Balaban J connectivity index is 2.71. The summed E-state index contributed by atoms with van der Waals surface area (Å²) in [6, 6.07) is 0. The first-order valence-corrected chi connectivity index (χ1v) is 4.14. The molecule has 0 aromatic carbocycles. The molecule has 0 aromatic heterocycles. The Morgan fingerprint density at radius 2 is 2.08 bits per heavy atom. The van der Waals surface area contributed by atoms with E-state index in [4.69, 9.17) is 0 Å². The first-order valence-electron chi connectivity index (χ1n) is 4.14. The van der Waals surface area contributed by atoms with Gasteiger partial charge in [0.2, 0.25) is 0 Å². The van der Waals surface area contributed by atoms with Crippen molar-refractivity contribution in [1.82, 2.24) is 16.0 Å². The summed E-state index contributed by atoms with van der Waals surface area (Å²) < 4.78 is 0. The van der Waals surface area contributed by atoms with Crippen LogP contribution in [0.3, 0.4) is 0 Å². The highest BCUT2D eigenvalue weighted by Gasteiger charge is 2.19. The smallest absolute Gasteiger partial charge is 0.274 e. The second kappa shape index (κ2) is 3.12. The Kier molecular flexibility index (Phi) is 2.32. The lowest BCUT2D eigenvalue weighted by atomic mass is 10.1. The lowest BCUT2D eigenvalue weighted by molar-refractivity contribution is -0.117. The number of carbonyl (C=O) groups excluding carboxylic acids is 1. The van der Waals surface area contributed by atoms with Gasteiger partial charge >= 0.3 is 0 Å². The van der Waals surface area contributed by atoms with Crippen LogP contribution in [-0.4, -0.2) is 11.4 Å². The summed E-state index contributed by atoms with van der Waals surface area (Å²) in [6.45, 7) is 9.55. The van der Waals surface area contributed by atoms with Crippen LogP contribution < -0.4 is 16.0 Å². The first kappa shape index (κ1) is 9.64. The quantitative estimate of drug-likeness (QED) is 0.549. The zero-order chi connectivity index (χ0) is 10.1. The van der Waals surface area contributed by atoms with Crippen LogP contribution in [0.2, 0.25) is 0 Å². The average molecular weight is 181 g/mol. The van der Waals surface area contributed by atoms with E-state index in [1.54, 1.807) is 6.20 Å². The molecule has 1 aliphatic rings. The number of rotatable bonds is 1. The van der Waals surface area contributed by atoms with Gasteiger partial charge in [-0.2, -0.15) is 0 Å². The zero-order valence-corrected chi connectivity index (χ0v) is 8.19. The van der Waals surface area contributed by atoms with Crippen LogP contribution in [0.15, 0.2) is 24.3 Å². The Labute approximate surface area is 78.1 Å². The van der Waals surface area contributed by atoms with Crippen molar-refractivity contribution >= 4 is 5.91 Å². The lowest BCUT2D eigenvalue weighted by Crippen LogP contribution is -2.45. The van der Waals surface area contributed by atoms with Gasteiger partial charge in [0, 0.05) is 11.7 Å². The van der Waals surface area contributed by atoms with Gasteiger partial charge in [0.1, 0.15) is 11.5 Å². The Morgan fingerprint density at radius 3 is 2.54 bits per heavy atom. The third-order valence-electron chi connectivity index (χ3n) is 1.41. The molecule has 3 N–H and O–H groups in total. The molecule has 13 heavy (non-hydrogen) atoms. The van der Waals surface area contributed by atoms with E-state index in [2.05, 4.69) is 22.5 Å². The summed E-state index contributed by atoms with van der Waals surface area (Å²) in [5, 5.41) is 8.48. The van der Waals surface area contributed by atoms with E-state index < -0.39 is 0 Å². The van der Waals surface area contributed by atoms with Crippen molar-refractivity contribution in [1.29, 1.82) is 0 Å². The van der Waals surface area contributed by atoms with Crippen LogP contribution >= 0.6 is 0 Å². The van der Waals surface area contributed by atoms with Crippen molar-refractivity contribution in [2.75, 3.05) is 0 Å². The minimum absolute atomic E-state index is 0.122. The van der Waals surface area contributed by atoms with Gasteiger partial charge in [0.25, 0.3) is 5.91 Å². The van der Waals surface area contributed by atoms with Crippen LogP contribution in [-0.2, 0) is 4.79 Å². The fourth-order valence-corrected chi connectivity index (χ4v) is 0.962. The molecule has 4 heteroatoms. The van der Waals surface area contributed by atoms with E-state index >= 15 is 0 Å². The largest absolute Gasteiger partial charge is 0.375 e. The van der Waals surface area contributed by atoms with Crippen molar-refractivity contribution in [3.63, 3.8) is 0 Å². The van der Waals surface area contributed by atoms with Crippen LogP contribution in [0.25, 0.3) is 0 Å². The molecule has 0 atom stereocenters. The Hall–Kier alpha value is -1.45. The number of amides is 1. The first-order chi connectivity index (χ1) is 5.88. The maximum atomic E-state index is 11.3. The van der Waals surface area contributed by atoms with E-state index in [0.717, 1.165) is 0 Å². The Morgan fingerprint density at radius 1 is 1.46 bits per heavy atom. The van der Waals surface area contributed by atoms with Gasteiger partial charge < -0.3 is 16.0 Å². The highest BCUT2D eigenvalue weighted by atomic mass is 16.2. The number of nitrogens with one attached hydrogen (secondary N) is 3. The van der Waals surface area contributed by atoms with Gasteiger partial charge in [-0.25, -0.2) is 0 Å². The van der Waals surface area contributed by atoms with Gasteiger partial charge in [-0.05, 0) is 20.8 Å². The van der Waals surface area contributed by atoms with Crippen molar-refractivity contribution in [3.8, 4) is 0 Å². The van der Waals surface area contributed by atoms with Gasteiger partial charge in [0.05, 0.1) is 0 Å². The van der Waals surface area contributed by atoms with E-state index in [0.29, 0.717) is 11.5 Å². The van der Waals surface area contributed by atoms with Crippen LogP contribution in [0.1, 0.15) is 20.8 Å². The van der Waals surface area contributed by atoms with Gasteiger partial charge in [-0.1, -0.05) is 6.58 Å². The minimum Gasteiger partial charge on any atom is -0.375 e. The average Bonchev–Trinajstić information content (AvgIpc) is 1.93. The molecule has 1 heterocycles. The normalized spacial score (nSPS) is 17.3. The van der Waals surface area contributed by atoms with Crippen molar-refractivity contribution < 1.29 is 4.79 Å². The van der Waals surface area contributed by atoms with Gasteiger partial charge in [-0.15, -0.1) is 0 Å². The highest BCUT2D eigenvalue weighted by Crippen LogP contribution is 2.05. The predicted molar refractivity (Wildman–Crippen MR) is 51.4 cm³/mol. The van der Waals surface area contributed by atoms with E-state index in [1.165, 1.54) is 0 Å². The molecule has 0 radical (unpaired) electrons. The molecule has 0 bridgehead atoms. The zero-order valence-electron chi connectivity index (χ0n) is 8.19. The van der Waals surface area contributed by atoms with Crippen molar-refractivity contribution in [3.05, 3.63) is 24.3 Å². The molecule has 0 spiro atoms. The molecule has 1 rings (SSSR count). The molecular formula is C9H15N3O. The topological polar surface area (TPSA) is 53.2 Å². The molecule has 1 amide bonds. The molecule has 1 aliphatic heterocycles. The van der Waals surface area contributed by atoms with Crippen molar-refractivity contribution in [2.24, 2.45) is 0 Å². The SMILES string of the molecule is C=C1NC=C(NC(C)(C)C)C(=O)N1. The molecule has 4 nitrogen and oxygen atoms in total. The lowest BCUT2D eigenvalue weighted by Gasteiger charge is -2.26. The fraction of sp³-hybridized carbons (Fsp3) is 0.444. The third kappa shape index (κ3) is 2.82. The second-order valence-electron chi connectivity index (χ2n) is 4.01. The standard InChI is InChI=1S/C9H15N3O/c1-6-10-5-7(8(13)11-6)12-9(2,3)4/h5,10,12H,1H2,2-4H3,(H,11,13). The maximum Gasteiger partial charge on any atom is 0.274 e. The molecule has 72 valence electrons.